The van der Waals surface area contributed by atoms with Crippen molar-refractivity contribution in [2.75, 3.05) is 29.1 Å². The Morgan fingerprint density at radius 3 is 3.10 bits per heavy atom. The van der Waals surface area contributed by atoms with Crippen LogP contribution in [0.1, 0.15) is 31.2 Å². The Morgan fingerprint density at radius 2 is 2.19 bits per heavy atom. The second-order valence-electron chi connectivity index (χ2n) is 6.22. The van der Waals surface area contributed by atoms with Crippen molar-refractivity contribution in [3.05, 3.63) is 17.7 Å². The predicted octanol–water partition coefficient (Wildman–Crippen LogP) is 1.91. The molecular weight excluding hydrogens is 266 g/mol. The fourth-order valence-corrected chi connectivity index (χ4v) is 3.91. The van der Waals surface area contributed by atoms with E-state index in [9.17, 15) is 4.79 Å². The van der Waals surface area contributed by atoms with Crippen LogP contribution >= 0.6 is 0 Å². The number of carbonyl (C=O) groups excluding carboxylic acids is 1. The molecule has 0 aromatic heterocycles. The van der Waals surface area contributed by atoms with Crippen molar-refractivity contribution in [3.8, 4) is 0 Å². The van der Waals surface area contributed by atoms with Gasteiger partial charge < -0.3 is 20.7 Å². The highest BCUT2D eigenvalue weighted by atomic mass is 16.5. The third kappa shape index (κ3) is 2.16. The average Bonchev–Trinajstić information content (AvgIpc) is 2.95. The molecule has 2 fully saturated rings. The molecule has 3 N–H and O–H groups in total. The number of morpholine rings is 1. The van der Waals surface area contributed by atoms with Gasteiger partial charge in [-0.05, 0) is 43.4 Å². The molecule has 112 valence electrons. The zero-order chi connectivity index (χ0) is 14.4. The summed E-state index contributed by atoms with van der Waals surface area (Å²) >= 11 is 0. The van der Waals surface area contributed by atoms with Gasteiger partial charge in [0.1, 0.15) is 0 Å². The summed E-state index contributed by atoms with van der Waals surface area (Å²) in [6, 6.07) is 4.52. The van der Waals surface area contributed by atoms with Gasteiger partial charge in [-0.2, -0.15) is 0 Å². The van der Waals surface area contributed by atoms with Crippen LogP contribution in [0.3, 0.4) is 0 Å². The standard InChI is InChI=1S/C16H21N3O2/c17-11-8-10-4-5-16(20)18-12(10)9-14(11)19-6-7-21-15-3-1-2-13(15)19/h8-9,13,15H,1-7,17H2,(H,18,20). The normalized spacial score (nSPS) is 28.0. The van der Waals surface area contributed by atoms with Crippen LogP contribution in [-0.4, -0.2) is 31.2 Å². The van der Waals surface area contributed by atoms with Crippen molar-refractivity contribution >= 4 is 23.0 Å². The van der Waals surface area contributed by atoms with Crippen LogP contribution in [0.15, 0.2) is 12.1 Å². The van der Waals surface area contributed by atoms with E-state index < -0.39 is 0 Å². The molecule has 5 nitrogen and oxygen atoms in total. The van der Waals surface area contributed by atoms with E-state index in [1.807, 2.05) is 6.07 Å². The number of nitrogens with zero attached hydrogens (tertiary/aromatic N) is 1. The van der Waals surface area contributed by atoms with Crippen molar-refractivity contribution in [2.24, 2.45) is 0 Å². The highest BCUT2D eigenvalue weighted by molar-refractivity contribution is 5.95. The van der Waals surface area contributed by atoms with Crippen LogP contribution in [-0.2, 0) is 16.0 Å². The molecule has 0 spiro atoms. The third-order valence-electron chi connectivity index (χ3n) is 4.94. The zero-order valence-corrected chi connectivity index (χ0v) is 12.1. The largest absolute Gasteiger partial charge is 0.397 e. The number of rotatable bonds is 1. The Bertz CT molecular complexity index is 587. The van der Waals surface area contributed by atoms with E-state index in [4.69, 9.17) is 10.5 Å². The highest BCUT2D eigenvalue weighted by Gasteiger charge is 2.37. The molecule has 5 heteroatoms. The number of amides is 1. The summed E-state index contributed by atoms with van der Waals surface area (Å²) in [4.78, 5) is 14.0. The molecule has 2 aliphatic heterocycles. The van der Waals surface area contributed by atoms with Gasteiger partial charge in [0.15, 0.2) is 0 Å². The number of fused-ring (bicyclic) bond motifs is 2. The van der Waals surface area contributed by atoms with E-state index in [0.29, 0.717) is 18.6 Å². The minimum atomic E-state index is 0.0962. The monoisotopic (exact) mass is 287 g/mol. The van der Waals surface area contributed by atoms with Crippen LogP contribution in [0.25, 0.3) is 0 Å². The third-order valence-corrected chi connectivity index (χ3v) is 4.94. The van der Waals surface area contributed by atoms with E-state index >= 15 is 0 Å². The molecule has 21 heavy (non-hydrogen) atoms. The molecule has 4 rings (SSSR count). The van der Waals surface area contributed by atoms with Gasteiger partial charge in [0.05, 0.1) is 30.1 Å². The molecule has 0 radical (unpaired) electrons. The lowest BCUT2D eigenvalue weighted by Crippen LogP contribution is -2.49. The number of benzene rings is 1. The molecule has 0 bridgehead atoms. The van der Waals surface area contributed by atoms with Crippen molar-refractivity contribution in [3.63, 3.8) is 0 Å². The van der Waals surface area contributed by atoms with Crippen LogP contribution in [0.4, 0.5) is 17.1 Å². The first kappa shape index (κ1) is 13.0. The van der Waals surface area contributed by atoms with Crippen molar-refractivity contribution in [2.45, 2.75) is 44.2 Å². The van der Waals surface area contributed by atoms with Crippen molar-refractivity contribution in [1.29, 1.82) is 0 Å². The van der Waals surface area contributed by atoms with Gasteiger partial charge in [-0.15, -0.1) is 0 Å². The Balaban J connectivity index is 1.71. The maximum Gasteiger partial charge on any atom is 0.224 e. The quantitative estimate of drug-likeness (QED) is 0.774. The average molecular weight is 287 g/mol. The lowest BCUT2D eigenvalue weighted by molar-refractivity contribution is -0.116. The van der Waals surface area contributed by atoms with E-state index in [2.05, 4.69) is 16.3 Å². The summed E-state index contributed by atoms with van der Waals surface area (Å²) in [5.41, 5.74) is 10.2. The first-order valence-electron chi connectivity index (χ1n) is 7.83. The second kappa shape index (κ2) is 4.91. The Labute approximate surface area is 124 Å². The summed E-state index contributed by atoms with van der Waals surface area (Å²) in [7, 11) is 0. The Hall–Kier alpha value is -1.75. The lowest BCUT2D eigenvalue weighted by Gasteiger charge is -2.40. The van der Waals surface area contributed by atoms with Crippen LogP contribution in [0.2, 0.25) is 0 Å². The molecule has 2 heterocycles. The van der Waals surface area contributed by atoms with Gasteiger partial charge in [-0.1, -0.05) is 0 Å². The molecule has 3 aliphatic rings. The van der Waals surface area contributed by atoms with E-state index in [-0.39, 0.29) is 5.91 Å². The van der Waals surface area contributed by atoms with E-state index in [1.54, 1.807) is 0 Å². The Kier molecular flexibility index (Phi) is 3.03. The number of anilines is 3. The number of nitrogen functional groups attached to an aromatic ring is 1. The molecule has 1 saturated carbocycles. The molecule has 2 unspecified atom stereocenters. The van der Waals surface area contributed by atoms with Gasteiger partial charge in [0.2, 0.25) is 5.91 Å². The van der Waals surface area contributed by atoms with Crippen LogP contribution in [0, 0.1) is 0 Å². The van der Waals surface area contributed by atoms with Gasteiger partial charge in [-0.3, -0.25) is 4.79 Å². The number of aryl methyl sites for hydroxylation is 1. The SMILES string of the molecule is Nc1cc2c(cc1N1CCOC3CCCC31)NC(=O)CC2. The molecular formula is C16H21N3O2. The van der Waals surface area contributed by atoms with Gasteiger partial charge in [0, 0.05) is 18.7 Å². The Morgan fingerprint density at radius 1 is 1.29 bits per heavy atom. The number of nitrogens with one attached hydrogen (secondary N) is 1. The first-order chi connectivity index (χ1) is 10.2. The van der Waals surface area contributed by atoms with Crippen molar-refractivity contribution in [1.82, 2.24) is 0 Å². The summed E-state index contributed by atoms with van der Waals surface area (Å²) < 4.78 is 5.87. The molecule has 2 atom stereocenters. The minimum Gasteiger partial charge on any atom is -0.397 e. The summed E-state index contributed by atoms with van der Waals surface area (Å²) in [5, 5.41) is 2.97. The highest BCUT2D eigenvalue weighted by Crippen LogP contribution is 2.39. The van der Waals surface area contributed by atoms with Crippen molar-refractivity contribution < 1.29 is 9.53 Å². The smallest absolute Gasteiger partial charge is 0.224 e. The number of ether oxygens (including phenoxy) is 1. The summed E-state index contributed by atoms with van der Waals surface area (Å²) in [6.07, 6.45) is 5.18. The fourth-order valence-electron chi connectivity index (χ4n) is 3.91. The fraction of sp³-hybridized carbons (Fsp3) is 0.562. The molecule has 1 aromatic rings. The summed E-state index contributed by atoms with van der Waals surface area (Å²) in [5.74, 6) is 0.0962. The molecule has 1 saturated heterocycles. The molecule has 1 amide bonds. The zero-order valence-electron chi connectivity index (χ0n) is 12.1. The van der Waals surface area contributed by atoms with Gasteiger partial charge >= 0.3 is 0 Å². The number of hydrogen-bond acceptors (Lipinski definition) is 4. The van der Waals surface area contributed by atoms with E-state index in [0.717, 1.165) is 55.0 Å². The second-order valence-corrected chi connectivity index (χ2v) is 6.22. The maximum absolute atomic E-state index is 11.6. The minimum absolute atomic E-state index is 0.0962. The first-order valence-corrected chi connectivity index (χ1v) is 7.83. The number of nitrogens with two attached hydrogens (primary N) is 1. The van der Waals surface area contributed by atoms with Gasteiger partial charge in [0.25, 0.3) is 0 Å². The van der Waals surface area contributed by atoms with Crippen LogP contribution in [0.5, 0.6) is 0 Å². The van der Waals surface area contributed by atoms with Crippen LogP contribution < -0.4 is 16.0 Å². The molecule has 1 aliphatic carbocycles. The lowest BCUT2D eigenvalue weighted by atomic mass is 10.00. The number of carbonyl (C=O) groups is 1. The maximum atomic E-state index is 11.6. The molecule has 1 aromatic carbocycles. The topological polar surface area (TPSA) is 67.6 Å². The van der Waals surface area contributed by atoms with Gasteiger partial charge in [-0.25, -0.2) is 0 Å². The predicted molar refractivity (Wildman–Crippen MR) is 82.5 cm³/mol. The number of hydrogen-bond donors (Lipinski definition) is 2. The summed E-state index contributed by atoms with van der Waals surface area (Å²) in [6.45, 7) is 1.63. The van der Waals surface area contributed by atoms with E-state index in [1.165, 1.54) is 6.42 Å².